The zero-order chi connectivity index (χ0) is 15.4. The number of hydroxylamine groups is 2. The topological polar surface area (TPSA) is 36.9 Å². The van der Waals surface area contributed by atoms with Gasteiger partial charge in [0.05, 0.1) is 22.3 Å². The molecule has 2 aromatic carbocycles. The van der Waals surface area contributed by atoms with Gasteiger partial charge in [0.25, 0.3) is 0 Å². The van der Waals surface area contributed by atoms with Crippen LogP contribution in [0.1, 0.15) is 5.56 Å². The molecule has 0 saturated carbocycles. The third kappa shape index (κ3) is 4.75. The summed E-state index contributed by atoms with van der Waals surface area (Å²) in [6, 6.07) is 15.3. The van der Waals surface area contributed by atoms with Crippen LogP contribution in [0.2, 0.25) is 10.0 Å². The summed E-state index contributed by atoms with van der Waals surface area (Å²) >= 11 is 11.9. The van der Waals surface area contributed by atoms with Crippen LogP contribution in [0.15, 0.2) is 53.5 Å². The molecule has 0 spiro atoms. The molecule has 0 unspecified atom stereocenters. The average molecular weight is 373 g/mol. The maximum absolute atomic E-state index is 6.01. The van der Waals surface area contributed by atoms with Gasteiger partial charge >= 0.3 is 0 Å². The average Bonchev–Trinajstić information content (AvgIpc) is 2.97. The van der Waals surface area contributed by atoms with Crippen LogP contribution in [-0.2, 0) is 11.4 Å². The van der Waals surface area contributed by atoms with Crippen molar-refractivity contribution >= 4 is 47.3 Å². The fourth-order valence-corrected chi connectivity index (χ4v) is 2.38. The molecule has 1 N–H and O–H groups in total. The van der Waals surface area contributed by atoms with Crippen LogP contribution < -0.4 is 5.32 Å². The molecule has 23 heavy (non-hydrogen) atoms. The number of aliphatic imine (C=N–C) groups is 1. The second-order valence-corrected chi connectivity index (χ2v) is 5.64. The summed E-state index contributed by atoms with van der Waals surface area (Å²) in [7, 11) is 0. The van der Waals surface area contributed by atoms with E-state index in [9.17, 15) is 0 Å². The summed E-state index contributed by atoms with van der Waals surface area (Å²) in [5.41, 5.74) is 1.84. The minimum Gasteiger partial charge on any atom is -0.352 e. The minimum absolute atomic E-state index is 0. The molecule has 0 bridgehead atoms. The number of halogens is 3. The highest BCUT2D eigenvalue weighted by atomic mass is 35.5. The van der Waals surface area contributed by atoms with Gasteiger partial charge in [-0.05, 0) is 23.8 Å². The van der Waals surface area contributed by atoms with Crippen molar-refractivity contribution in [2.45, 2.75) is 6.61 Å². The molecule has 0 radical (unpaired) electrons. The Morgan fingerprint density at radius 2 is 1.87 bits per heavy atom. The maximum atomic E-state index is 6.01. The van der Waals surface area contributed by atoms with Gasteiger partial charge < -0.3 is 5.32 Å². The van der Waals surface area contributed by atoms with Crippen molar-refractivity contribution in [1.82, 2.24) is 10.4 Å². The van der Waals surface area contributed by atoms with E-state index in [1.807, 2.05) is 36.4 Å². The Morgan fingerprint density at radius 1 is 1.09 bits per heavy atom. The Hall–Kier alpha value is -1.46. The maximum Gasteiger partial charge on any atom is 0.223 e. The van der Waals surface area contributed by atoms with E-state index in [-0.39, 0.29) is 12.4 Å². The fourth-order valence-electron chi connectivity index (χ4n) is 2.09. The first-order chi connectivity index (χ1) is 10.7. The largest absolute Gasteiger partial charge is 0.352 e. The van der Waals surface area contributed by atoms with Gasteiger partial charge in [0.2, 0.25) is 5.96 Å². The van der Waals surface area contributed by atoms with Crippen LogP contribution in [0, 0.1) is 0 Å². The standard InChI is InChI=1S/C16H15Cl2N3O.ClH/c17-14-7-6-13(10-15(14)18)20-16-19-8-9-21(16)22-11-12-4-2-1-3-5-12;/h1-7,10H,8-9,11H2,(H,19,20);1H. The van der Waals surface area contributed by atoms with E-state index in [1.54, 1.807) is 17.2 Å². The molecular weight excluding hydrogens is 357 g/mol. The molecule has 7 heteroatoms. The van der Waals surface area contributed by atoms with Crippen molar-refractivity contribution < 1.29 is 4.84 Å². The first kappa shape index (κ1) is 17.9. The zero-order valence-corrected chi connectivity index (χ0v) is 14.5. The van der Waals surface area contributed by atoms with Crippen LogP contribution in [0.5, 0.6) is 0 Å². The van der Waals surface area contributed by atoms with Gasteiger partial charge in [-0.1, -0.05) is 53.5 Å². The molecule has 1 saturated heterocycles. The Bertz CT molecular complexity index is 680. The first-order valence-electron chi connectivity index (χ1n) is 6.94. The van der Waals surface area contributed by atoms with E-state index in [0.29, 0.717) is 22.6 Å². The molecule has 2 aromatic rings. The summed E-state index contributed by atoms with van der Waals surface area (Å²) in [6.07, 6.45) is 0. The zero-order valence-electron chi connectivity index (χ0n) is 12.2. The van der Waals surface area contributed by atoms with Gasteiger partial charge in [0.1, 0.15) is 6.61 Å². The predicted molar refractivity (Wildman–Crippen MR) is 96.7 cm³/mol. The highest BCUT2D eigenvalue weighted by Crippen LogP contribution is 2.26. The molecule has 1 aliphatic heterocycles. The number of benzene rings is 2. The predicted octanol–water partition coefficient (Wildman–Crippen LogP) is 4.44. The summed E-state index contributed by atoms with van der Waals surface area (Å²) in [6.45, 7) is 2.03. The third-order valence-electron chi connectivity index (χ3n) is 3.20. The van der Waals surface area contributed by atoms with E-state index in [0.717, 1.165) is 24.3 Å². The Labute approximate surface area is 151 Å². The second kappa shape index (κ2) is 8.41. The summed E-state index contributed by atoms with van der Waals surface area (Å²) in [5.74, 6) is 0.675. The van der Waals surface area contributed by atoms with E-state index < -0.39 is 0 Å². The molecule has 4 nitrogen and oxygen atoms in total. The number of nitrogens with one attached hydrogen (secondary N) is 1. The van der Waals surface area contributed by atoms with Gasteiger partial charge in [-0.3, -0.25) is 4.84 Å². The fraction of sp³-hybridized carbons (Fsp3) is 0.188. The highest BCUT2D eigenvalue weighted by Gasteiger charge is 2.19. The van der Waals surface area contributed by atoms with Crippen LogP contribution in [0.25, 0.3) is 0 Å². The van der Waals surface area contributed by atoms with Gasteiger partial charge in [0.15, 0.2) is 0 Å². The van der Waals surface area contributed by atoms with Crippen LogP contribution in [0.4, 0.5) is 5.69 Å². The Morgan fingerprint density at radius 3 is 2.61 bits per heavy atom. The Balaban J connectivity index is 0.00000192. The van der Waals surface area contributed by atoms with Crippen molar-refractivity contribution in [2.75, 3.05) is 13.1 Å². The molecule has 3 rings (SSSR count). The third-order valence-corrected chi connectivity index (χ3v) is 3.94. The number of nitrogens with zero attached hydrogens (tertiary/aromatic N) is 2. The highest BCUT2D eigenvalue weighted by molar-refractivity contribution is 6.42. The van der Waals surface area contributed by atoms with Crippen molar-refractivity contribution in [1.29, 1.82) is 0 Å². The monoisotopic (exact) mass is 371 g/mol. The van der Waals surface area contributed by atoms with Crippen molar-refractivity contribution in [3.63, 3.8) is 0 Å². The number of hydrogen-bond acceptors (Lipinski definition) is 2. The van der Waals surface area contributed by atoms with E-state index in [2.05, 4.69) is 10.3 Å². The van der Waals surface area contributed by atoms with E-state index >= 15 is 0 Å². The van der Waals surface area contributed by atoms with E-state index in [1.165, 1.54) is 0 Å². The SMILES string of the molecule is Cl.Clc1ccc(/N=C2\NCCN2OCc2ccccc2)cc1Cl. The molecule has 122 valence electrons. The smallest absolute Gasteiger partial charge is 0.223 e. The summed E-state index contributed by atoms with van der Waals surface area (Å²) in [4.78, 5) is 10.3. The van der Waals surface area contributed by atoms with Gasteiger partial charge in [-0.25, -0.2) is 10.1 Å². The van der Waals surface area contributed by atoms with Gasteiger partial charge in [0, 0.05) is 6.54 Å². The lowest BCUT2D eigenvalue weighted by Gasteiger charge is -2.17. The van der Waals surface area contributed by atoms with Crippen LogP contribution in [0.3, 0.4) is 0 Å². The first-order valence-corrected chi connectivity index (χ1v) is 7.70. The molecule has 0 aliphatic carbocycles. The lowest BCUT2D eigenvalue weighted by atomic mass is 10.2. The van der Waals surface area contributed by atoms with E-state index in [4.69, 9.17) is 28.0 Å². The number of guanidine groups is 1. The molecule has 0 atom stereocenters. The van der Waals surface area contributed by atoms with Crippen molar-refractivity contribution in [2.24, 2.45) is 4.99 Å². The van der Waals surface area contributed by atoms with Gasteiger partial charge in [-0.2, -0.15) is 0 Å². The summed E-state index contributed by atoms with van der Waals surface area (Å²) < 4.78 is 0. The molecule has 0 aromatic heterocycles. The second-order valence-electron chi connectivity index (χ2n) is 4.82. The normalized spacial score (nSPS) is 15.4. The van der Waals surface area contributed by atoms with Crippen molar-refractivity contribution in [3.8, 4) is 0 Å². The lowest BCUT2D eigenvalue weighted by molar-refractivity contribution is -0.102. The molecule has 1 heterocycles. The molecule has 1 fully saturated rings. The number of hydrogen-bond donors (Lipinski definition) is 1. The molecule has 0 amide bonds. The van der Waals surface area contributed by atoms with Crippen LogP contribution in [-0.4, -0.2) is 24.1 Å². The molecular formula is C16H16Cl3N3O. The van der Waals surface area contributed by atoms with Gasteiger partial charge in [-0.15, -0.1) is 12.4 Å². The van der Waals surface area contributed by atoms with Crippen LogP contribution >= 0.6 is 35.6 Å². The minimum atomic E-state index is 0. The number of rotatable bonds is 4. The summed E-state index contributed by atoms with van der Waals surface area (Å²) in [5, 5.41) is 5.96. The van der Waals surface area contributed by atoms with Crippen molar-refractivity contribution in [3.05, 3.63) is 64.1 Å². The lowest BCUT2D eigenvalue weighted by Crippen LogP contribution is -2.29. The molecule has 1 aliphatic rings. The quantitative estimate of drug-likeness (QED) is 0.862. The Kier molecular flexibility index (Phi) is 6.54.